The minimum absolute atomic E-state index is 0.0387. The molecule has 2 aromatic rings. The normalized spacial score (nSPS) is 16.3. The number of nitrogens with one attached hydrogen (secondary N) is 1. The Kier molecular flexibility index (Phi) is 5.47. The number of anilines is 2. The molecule has 2 aromatic carbocycles. The Labute approximate surface area is 155 Å². The highest BCUT2D eigenvalue weighted by molar-refractivity contribution is 5.95. The molecule has 0 aliphatic carbocycles. The number of aromatic hydroxyl groups is 1. The van der Waals surface area contributed by atoms with Crippen molar-refractivity contribution in [2.75, 3.05) is 36.4 Å². The van der Waals surface area contributed by atoms with Crippen LogP contribution in [0.5, 0.6) is 5.75 Å². The standard InChI is InChI=1S/C21H27N3O2/c1-15-4-5-16(2)20(14-15)22-21(26)17(3)23-10-12-24(13-11-23)18-6-8-19(25)9-7-18/h4-9,14,17,25H,10-13H2,1-3H3,(H,22,26)/t17-/m1/s1. The number of carbonyl (C=O) groups excluding carboxylic acids is 1. The number of phenols is 1. The number of nitrogens with zero attached hydrogens (tertiary/aromatic N) is 2. The van der Waals surface area contributed by atoms with Gasteiger partial charge in [0.25, 0.3) is 0 Å². The summed E-state index contributed by atoms with van der Waals surface area (Å²) in [5.41, 5.74) is 4.22. The van der Waals surface area contributed by atoms with Crippen LogP contribution in [-0.4, -0.2) is 48.1 Å². The smallest absolute Gasteiger partial charge is 0.241 e. The van der Waals surface area contributed by atoms with E-state index in [-0.39, 0.29) is 17.7 Å². The summed E-state index contributed by atoms with van der Waals surface area (Å²) in [7, 11) is 0. The van der Waals surface area contributed by atoms with Crippen molar-refractivity contribution in [2.45, 2.75) is 26.8 Å². The second kappa shape index (κ2) is 7.79. The van der Waals surface area contributed by atoms with Gasteiger partial charge in [0, 0.05) is 37.6 Å². The molecule has 0 aromatic heterocycles. The number of rotatable bonds is 4. The number of carbonyl (C=O) groups is 1. The zero-order valence-corrected chi connectivity index (χ0v) is 15.7. The van der Waals surface area contributed by atoms with Crippen LogP contribution in [0, 0.1) is 13.8 Å². The maximum Gasteiger partial charge on any atom is 0.241 e. The number of amides is 1. The molecule has 1 fully saturated rings. The van der Waals surface area contributed by atoms with E-state index >= 15 is 0 Å². The predicted octanol–water partition coefficient (Wildman–Crippen LogP) is 3.16. The average molecular weight is 353 g/mol. The molecular formula is C21H27N3O2. The molecule has 1 amide bonds. The fourth-order valence-corrected chi connectivity index (χ4v) is 3.30. The summed E-state index contributed by atoms with van der Waals surface area (Å²) < 4.78 is 0. The van der Waals surface area contributed by atoms with Gasteiger partial charge in [-0.25, -0.2) is 0 Å². The van der Waals surface area contributed by atoms with Crippen molar-refractivity contribution in [3.63, 3.8) is 0 Å². The number of aryl methyl sites for hydroxylation is 2. The lowest BCUT2D eigenvalue weighted by atomic mass is 10.1. The van der Waals surface area contributed by atoms with Gasteiger partial charge in [-0.2, -0.15) is 0 Å². The van der Waals surface area contributed by atoms with Crippen LogP contribution in [0.1, 0.15) is 18.1 Å². The van der Waals surface area contributed by atoms with E-state index in [0.717, 1.165) is 48.7 Å². The van der Waals surface area contributed by atoms with Crippen molar-refractivity contribution in [3.8, 4) is 5.75 Å². The Hall–Kier alpha value is -2.53. The molecule has 0 unspecified atom stereocenters. The molecule has 26 heavy (non-hydrogen) atoms. The van der Waals surface area contributed by atoms with Gasteiger partial charge in [0.05, 0.1) is 6.04 Å². The largest absolute Gasteiger partial charge is 0.508 e. The molecule has 2 N–H and O–H groups in total. The van der Waals surface area contributed by atoms with Crippen molar-refractivity contribution in [2.24, 2.45) is 0 Å². The summed E-state index contributed by atoms with van der Waals surface area (Å²) >= 11 is 0. The molecule has 0 saturated carbocycles. The van der Waals surface area contributed by atoms with Gasteiger partial charge in [0.1, 0.15) is 5.75 Å². The maximum atomic E-state index is 12.7. The Morgan fingerprint density at radius 2 is 1.69 bits per heavy atom. The fraction of sp³-hybridized carbons (Fsp3) is 0.381. The third-order valence-corrected chi connectivity index (χ3v) is 5.11. The van der Waals surface area contributed by atoms with Gasteiger partial charge >= 0.3 is 0 Å². The lowest BCUT2D eigenvalue weighted by molar-refractivity contribution is -0.120. The van der Waals surface area contributed by atoms with Crippen LogP contribution < -0.4 is 10.2 Å². The molecular weight excluding hydrogens is 326 g/mol. The van der Waals surface area contributed by atoms with E-state index in [9.17, 15) is 9.90 Å². The van der Waals surface area contributed by atoms with E-state index in [4.69, 9.17) is 0 Å². The number of hydrogen-bond acceptors (Lipinski definition) is 4. The molecule has 1 aliphatic rings. The number of benzene rings is 2. The summed E-state index contributed by atoms with van der Waals surface area (Å²) in [6.45, 7) is 9.41. The lowest BCUT2D eigenvalue weighted by Crippen LogP contribution is -2.52. The van der Waals surface area contributed by atoms with Gasteiger partial charge in [0.15, 0.2) is 0 Å². The molecule has 138 valence electrons. The Morgan fingerprint density at radius 1 is 1.04 bits per heavy atom. The van der Waals surface area contributed by atoms with Crippen molar-refractivity contribution >= 4 is 17.3 Å². The summed E-state index contributed by atoms with van der Waals surface area (Å²) in [6.07, 6.45) is 0. The average Bonchev–Trinajstić information content (AvgIpc) is 2.65. The summed E-state index contributed by atoms with van der Waals surface area (Å²) in [4.78, 5) is 17.2. The molecule has 5 nitrogen and oxygen atoms in total. The van der Waals surface area contributed by atoms with Crippen molar-refractivity contribution in [3.05, 3.63) is 53.6 Å². The van der Waals surface area contributed by atoms with E-state index in [2.05, 4.69) is 21.2 Å². The first kappa shape index (κ1) is 18.3. The first-order chi connectivity index (χ1) is 12.4. The van der Waals surface area contributed by atoms with Crippen LogP contribution in [-0.2, 0) is 4.79 Å². The topological polar surface area (TPSA) is 55.8 Å². The molecule has 0 bridgehead atoms. The quantitative estimate of drug-likeness (QED) is 0.887. The molecule has 0 spiro atoms. The maximum absolute atomic E-state index is 12.7. The van der Waals surface area contributed by atoms with E-state index in [1.165, 1.54) is 0 Å². The number of phenolic OH excluding ortho intramolecular Hbond substituents is 1. The molecule has 1 aliphatic heterocycles. The van der Waals surface area contributed by atoms with Gasteiger partial charge in [-0.3, -0.25) is 9.69 Å². The van der Waals surface area contributed by atoms with Gasteiger partial charge < -0.3 is 15.3 Å². The monoisotopic (exact) mass is 353 g/mol. The van der Waals surface area contributed by atoms with Crippen LogP contribution >= 0.6 is 0 Å². The van der Waals surface area contributed by atoms with Crippen LogP contribution in [0.4, 0.5) is 11.4 Å². The molecule has 1 atom stereocenters. The number of hydrogen-bond donors (Lipinski definition) is 2. The van der Waals surface area contributed by atoms with Crippen LogP contribution in [0.3, 0.4) is 0 Å². The summed E-state index contributed by atoms with van der Waals surface area (Å²) in [5.74, 6) is 0.320. The van der Waals surface area contributed by atoms with Gasteiger partial charge in [-0.1, -0.05) is 12.1 Å². The predicted molar refractivity (Wildman–Crippen MR) is 106 cm³/mol. The minimum atomic E-state index is -0.170. The Balaban J connectivity index is 1.57. The van der Waals surface area contributed by atoms with Gasteiger partial charge in [-0.05, 0) is 62.2 Å². The van der Waals surface area contributed by atoms with E-state index in [1.807, 2.05) is 45.0 Å². The molecule has 5 heteroatoms. The van der Waals surface area contributed by atoms with E-state index in [0.29, 0.717) is 0 Å². The molecule has 1 heterocycles. The zero-order chi connectivity index (χ0) is 18.7. The highest BCUT2D eigenvalue weighted by atomic mass is 16.3. The summed E-state index contributed by atoms with van der Waals surface area (Å²) in [5, 5.41) is 12.5. The molecule has 0 radical (unpaired) electrons. The van der Waals surface area contributed by atoms with Gasteiger partial charge in [0.2, 0.25) is 5.91 Å². The third-order valence-electron chi connectivity index (χ3n) is 5.11. The third kappa shape index (κ3) is 4.17. The Morgan fingerprint density at radius 3 is 2.35 bits per heavy atom. The highest BCUT2D eigenvalue weighted by Gasteiger charge is 2.26. The first-order valence-electron chi connectivity index (χ1n) is 9.10. The van der Waals surface area contributed by atoms with Crippen molar-refractivity contribution in [1.29, 1.82) is 0 Å². The van der Waals surface area contributed by atoms with E-state index in [1.54, 1.807) is 12.1 Å². The van der Waals surface area contributed by atoms with Crippen molar-refractivity contribution < 1.29 is 9.90 Å². The lowest BCUT2D eigenvalue weighted by Gasteiger charge is -2.38. The zero-order valence-electron chi connectivity index (χ0n) is 15.7. The summed E-state index contributed by atoms with van der Waals surface area (Å²) in [6, 6.07) is 13.2. The molecule has 3 rings (SSSR count). The van der Waals surface area contributed by atoms with Crippen LogP contribution in [0.25, 0.3) is 0 Å². The van der Waals surface area contributed by atoms with Crippen LogP contribution in [0.2, 0.25) is 0 Å². The molecule has 1 saturated heterocycles. The second-order valence-corrected chi connectivity index (χ2v) is 7.02. The SMILES string of the molecule is Cc1ccc(C)c(NC(=O)[C@@H](C)N2CCN(c3ccc(O)cc3)CC2)c1. The fourth-order valence-electron chi connectivity index (χ4n) is 3.30. The number of piperazine rings is 1. The van der Waals surface area contributed by atoms with Crippen LogP contribution in [0.15, 0.2) is 42.5 Å². The highest BCUT2D eigenvalue weighted by Crippen LogP contribution is 2.21. The second-order valence-electron chi connectivity index (χ2n) is 7.02. The Bertz CT molecular complexity index is 765. The van der Waals surface area contributed by atoms with Gasteiger partial charge in [-0.15, -0.1) is 0 Å². The first-order valence-corrected chi connectivity index (χ1v) is 9.10. The van der Waals surface area contributed by atoms with E-state index < -0.39 is 0 Å². The van der Waals surface area contributed by atoms with Crippen molar-refractivity contribution in [1.82, 2.24) is 4.90 Å². The minimum Gasteiger partial charge on any atom is -0.508 e.